The fraction of sp³-hybridized carbons (Fsp3) is 0.118. The van der Waals surface area contributed by atoms with Gasteiger partial charge in [0.05, 0.1) is 16.8 Å². The van der Waals surface area contributed by atoms with Crippen molar-refractivity contribution in [2.45, 2.75) is 13.0 Å². The smallest absolute Gasteiger partial charge is 0.262 e. The summed E-state index contributed by atoms with van der Waals surface area (Å²) in [5, 5.41) is 2.40. The molecule has 2 aromatic rings. The van der Waals surface area contributed by atoms with Crippen LogP contribution in [0.15, 0.2) is 46.9 Å². The van der Waals surface area contributed by atoms with Crippen molar-refractivity contribution in [2.75, 3.05) is 5.32 Å². The van der Waals surface area contributed by atoms with Crippen molar-refractivity contribution in [1.82, 2.24) is 4.90 Å². The number of nitrogens with zero attached hydrogens (tertiary/aromatic N) is 1. The molecule has 3 rings (SSSR count). The van der Waals surface area contributed by atoms with Crippen LogP contribution in [0.4, 0.5) is 10.1 Å². The fourth-order valence-electron chi connectivity index (χ4n) is 2.50. The third-order valence-electron chi connectivity index (χ3n) is 3.78. The lowest BCUT2D eigenvalue weighted by Gasteiger charge is -2.21. The van der Waals surface area contributed by atoms with Crippen molar-refractivity contribution >= 4 is 39.3 Å². The lowest BCUT2D eigenvalue weighted by atomic mass is 10.1. The Labute approximate surface area is 145 Å². The number of amides is 3. The second kappa shape index (κ2) is 6.16. The van der Waals surface area contributed by atoms with E-state index in [0.717, 1.165) is 4.90 Å². The van der Waals surface area contributed by atoms with Crippen molar-refractivity contribution in [3.05, 3.63) is 63.9 Å². The molecule has 1 unspecified atom stereocenters. The van der Waals surface area contributed by atoms with E-state index in [0.29, 0.717) is 4.47 Å². The van der Waals surface area contributed by atoms with Crippen molar-refractivity contribution < 1.29 is 18.8 Å². The minimum atomic E-state index is -1.07. The first kappa shape index (κ1) is 16.3. The van der Waals surface area contributed by atoms with E-state index in [4.69, 9.17) is 0 Å². The molecule has 122 valence electrons. The summed E-state index contributed by atoms with van der Waals surface area (Å²) in [6.07, 6.45) is 0. The Bertz CT molecular complexity index is 834. The summed E-state index contributed by atoms with van der Waals surface area (Å²) >= 11 is 3.13. The second-order valence-corrected chi connectivity index (χ2v) is 6.23. The molecule has 0 aromatic heterocycles. The van der Waals surface area contributed by atoms with Gasteiger partial charge in [-0.05, 0) is 37.3 Å². The van der Waals surface area contributed by atoms with Crippen LogP contribution < -0.4 is 5.32 Å². The van der Waals surface area contributed by atoms with Crippen molar-refractivity contribution in [1.29, 1.82) is 0 Å². The zero-order valence-electron chi connectivity index (χ0n) is 12.5. The Morgan fingerprint density at radius 2 is 1.71 bits per heavy atom. The maximum absolute atomic E-state index is 13.8. The highest BCUT2D eigenvalue weighted by molar-refractivity contribution is 9.10. The van der Waals surface area contributed by atoms with Crippen LogP contribution in [0.1, 0.15) is 27.6 Å². The third kappa shape index (κ3) is 2.71. The van der Waals surface area contributed by atoms with Crippen molar-refractivity contribution in [3.8, 4) is 0 Å². The number of benzene rings is 2. The maximum Gasteiger partial charge on any atom is 0.262 e. The number of fused-ring (bicyclic) bond motifs is 1. The molecule has 2 aromatic carbocycles. The molecular formula is C17H12BrFN2O3. The first-order chi connectivity index (χ1) is 11.4. The summed E-state index contributed by atoms with van der Waals surface area (Å²) in [6.45, 7) is 1.42. The highest BCUT2D eigenvalue weighted by atomic mass is 79.9. The summed E-state index contributed by atoms with van der Waals surface area (Å²) in [5.41, 5.74) is 0.501. The van der Waals surface area contributed by atoms with Crippen LogP contribution in [0.5, 0.6) is 0 Å². The minimum Gasteiger partial charge on any atom is -0.322 e. The standard InChI is InChI=1S/C17H12BrFN2O3/c1-9(15(22)20-14-7-6-10(18)8-13(14)19)21-16(23)11-4-2-3-5-12(11)17(21)24/h2-9H,1H3,(H,20,22). The summed E-state index contributed by atoms with van der Waals surface area (Å²) in [5.74, 6) is -2.33. The van der Waals surface area contributed by atoms with Crippen LogP contribution in [0, 0.1) is 5.82 Å². The number of rotatable bonds is 3. The normalized spacial score (nSPS) is 14.5. The molecule has 0 radical (unpaired) electrons. The van der Waals surface area contributed by atoms with Gasteiger partial charge >= 0.3 is 0 Å². The summed E-state index contributed by atoms with van der Waals surface area (Å²) in [4.78, 5) is 38.0. The first-order valence-electron chi connectivity index (χ1n) is 7.13. The number of carbonyl (C=O) groups is 3. The minimum absolute atomic E-state index is 0.0216. The molecule has 1 aliphatic heterocycles. The lowest BCUT2D eigenvalue weighted by molar-refractivity contribution is -0.119. The van der Waals surface area contributed by atoms with Gasteiger partial charge in [0.2, 0.25) is 5.91 Å². The quantitative estimate of drug-likeness (QED) is 0.818. The molecule has 0 fully saturated rings. The maximum atomic E-state index is 13.8. The molecule has 1 heterocycles. The van der Waals surface area contributed by atoms with Crippen molar-refractivity contribution in [2.24, 2.45) is 0 Å². The van der Waals surface area contributed by atoms with Crippen LogP contribution in [-0.4, -0.2) is 28.7 Å². The van der Waals surface area contributed by atoms with E-state index >= 15 is 0 Å². The van der Waals surface area contributed by atoms with E-state index in [2.05, 4.69) is 21.2 Å². The summed E-state index contributed by atoms with van der Waals surface area (Å²) in [6, 6.07) is 9.48. The molecule has 24 heavy (non-hydrogen) atoms. The summed E-state index contributed by atoms with van der Waals surface area (Å²) in [7, 11) is 0. The molecule has 1 N–H and O–H groups in total. The van der Waals surface area contributed by atoms with Crippen LogP contribution in [0.2, 0.25) is 0 Å². The molecule has 7 heteroatoms. The van der Waals surface area contributed by atoms with E-state index in [1.54, 1.807) is 18.2 Å². The molecule has 1 atom stereocenters. The van der Waals surface area contributed by atoms with Crippen LogP contribution in [0.3, 0.4) is 0 Å². The monoisotopic (exact) mass is 390 g/mol. The fourth-order valence-corrected chi connectivity index (χ4v) is 2.84. The molecular weight excluding hydrogens is 379 g/mol. The van der Waals surface area contributed by atoms with Crippen LogP contribution in [0.25, 0.3) is 0 Å². The van der Waals surface area contributed by atoms with Gasteiger partial charge in [0.15, 0.2) is 0 Å². The second-order valence-electron chi connectivity index (χ2n) is 5.32. The Morgan fingerprint density at radius 1 is 1.12 bits per heavy atom. The third-order valence-corrected chi connectivity index (χ3v) is 4.27. The molecule has 0 saturated carbocycles. The van der Waals surface area contributed by atoms with Gasteiger partial charge in [-0.2, -0.15) is 0 Å². The lowest BCUT2D eigenvalue weighted by Crippen LogP contribution is -2.45. The number of hydrogen-bond donors (Lipinski definition) is 1. The molecule has 0 spiro atoms. The van der Waals surface area contributed by atoms with Gasteiger partial charge in [0.1, 0.15) is 11.9 Å². The number of imide groups is 1. The van der Waals surface area contributed by atoms with Gasteiger partial charge in [0.25, 0.3) is 11.8 Å². The molecule has 0 saturated heterocycles. The SMILES string of the molecule is CC(C(=O)Nc1ccc(Br)cc1F)N1C(=O)c2ccccc2C1=O. The van der Waals surface area contributed by atoms with Crippen LogP contribution in [-0.2, 0) is 4.79 Å². The average molecular weight is 391 g/mol. The highest BCUT2D eigenvalue weighted by Crippen LogP contribution is 2.25. The number of nitrogens with one attached hydrogen (secondary N) is 1. The largest absolute Gasteiger partial charge is 0.322 e. The number of halogens is 2. The number of anilines is 1. The van der Waals surface area contributed by atoms with E-state index in [-0.39, 0.29) is 16.8 Å². The highest BCUT2D eigenvalue weighted by Gasteiger charge is 2.40. The molecule has 0 aliphatic carbocycles. The molecule has 3 amide bonds. The van der Waals surface area contributed by atoms with Crippen molar-refractivity contribution in [3.63, 3.8) is 0 Å². The van der Waals surface area contributed by atoms with E-state index < -0.39 is 29.6 Å². The predicted octanol–water partition coefficient (Wildman–Crippen LogP) is 3.21. The zero-order valence-corrected chi connectivity index (χ0v) is 14.1. The van der Waals surface area contributed by atoms with Gasteiger partial charge in [-0.25, -0.2) is 4.39 Å². The van der Waals surface area contributed by atoms with Gasteiger partial charge < -0.3 is 5.32 Å². The number of hydrogen-bond acceptors (Lipinski definition) is 3. The Morgan fingerprint density at radius 3 is 2.25 bits per heavy atom. The summed E-state index contributed by atoms with van der Waals surface area (Å²) < 4.78 is 14.4. The topological polar surface area (TPSA) is 66.5 Å². The van der Waals surface area contributed by atoms with E-state index in [1.165, 1.54) is 31.2 Å². The van der Waals surface area contributed by atoms with E-state index in [9.17, 15) is 18.8 Å². The Kier molecular flexibility index (Phi) is 4.19. The molecule has 1 aliphatic rings. The van der Waals surface area contributed by atoms with E-state index in [1.807, 2.05) is 0 Å². The van der Waals surface area contributed by atoms with Gasteiger partial charge in [-0.1, -0.05) is 28.1 Å². The first-order valence-corrected chi connectivity index (χ1v) is 7.92. The Hall–Kier alpha value is -2.54. The zero-order chi connectivity index (χ0) is 17.4. The van der Waals surface area contributed by atoms with Gasteiger partial charge in [0, 0.05) is 4.47 Å². The Balaban J connectivity index is 1.82. The van der Waals surface area contributed by atoms with Crippen LogP contribution >= 0.6 is 15.9 Å². The van der Waals surface area contributed by atoms with Gasteiger partial charge in [-0.3, -0.25) is 19.3 Å². The molecule has 0 bridgehead atoms. The van der Waals surface area contributed by atoms with Gasteiger partial charge in [-0.15, -0.1) is 0 Å². The molecule has 5 nitrogen and oxygen atoms in total. The average Bonchev–Trinajstić information content (AvgIpc) is 2.81. The number of carbonyl (C=O) groups excluding carboxylic acids is 3. The predicted molar refractivity (Wildman–Crippen MR) is 89.1 cm³/mol.